The van der Waals surface area contributed by atoms with Crippen molar-refractivity contribution in [3.63, 3.8) is 0 Å². The lowest BCUT2D eigenvalue weighted by Gasteiger charge is -2.44. The third kappa shape index (κ3) is 6.31. The van der Waals surface area contributed by atoms with Gasteiger partial charge in [-0.05, 0) is 27.9 Å². The second kappa shape index (κ2) is 11.7. The van der Waals surface area contributed by atoms with Crippen molar-refractivity contribution < 1.29 is 23.5 Å². The fourth-order valence-electron chi connectivity index (χ4n) is 4.35. The molecule has 36 heavy (non-hydrogen) atoms. The first kappa shape index (κ1) is 27.4. The molecule has 0 saturated carbocycles. The van der Waals surface area contributed by atoms with Gasteiger partial charge in [0.2, 0.25) is 0 Å². The second-order valence-electron chi connectivity index (χ2n) is 10.4. The Labute approximate surface area is 215 Å². The van der Waals surface area contributed by atoms with E-state index in [1.54, 1.807) is 6.92 Å². The zero-order chi connectivity index (χ0) is 26.2. The van der Waals surface area contributed by atoms with Crippen LogP contribution in [0.4, 0.5) is 0 Å². The summed E-state index contributed by atoms with van der Waals surface area (Å²) in [5.41, 5.74) is -0.304. The fourth-order valence-corrected chi connectivity index (χ4v) is 9.04. The first-order chi connectivity index (χ1) is 17.1. The van der Waals surface area contributed by atoms with E-state index in [1.165, 1.54) is 6.92 Å². The lowest BCUT2D eigenvalue weighted by Crippen LogP contribution is -2.67. The first-order valence-electron chi connectivity index (χ1n) is 12.2. The molecule has 0 fully saturated rings. The van der Waals surface area contributed by atoms with E-state index in [0.717, 1.165) is 15.9 Å². The molecule has 190 valence electrons. The average molecular weight is 505 g/mol. The average Bonchev–Trinajstić information content (AvgIpc) is 2.87. The Bertz CT molecular complexity index is 1090. The Morgan fingerprint density at radius 2 is 1.17 bits per heavy atom. The summed E-state index contributed by atoms with van der Waals surface area (Å²) in [5.74, 6) is -0.923. The maximum absolute atomic E-state index is 13.4. The highest BCUT2D eigenvalue weighted by Gasteiger charge is 2.52. The van der Waals surface area contributed by atoms with Crippen LogP contribution in [0.5, 0.6) is 0 Å². The molecule has 0 aliphatic rings. The maximum Gasteiger partial charge on any atom is 0.317 e. The number of carbonyl (C=O) groups excluding carboxylic acids is 2. The van der Waals surface area contributed by atoms with Crippen LogP contribution >= 0.6 is 0 Å². The molecule has 0 N–H and O–H groups in total. The molecule has 6 heteroatoms. The monoisotopic (exact) mass is 504 g/mol. The molecule has 0 saturated heterocycles. The molecular weight excluding hydrogens is 468 g/mol. The van der Waals surface area contributed by atoms with Crippen molar-refractivity contribution >= 4 is 30.6 Å². The summed E-state index contributed by atoms with van der Waals surface area (Å²) >= 11 is 0. The van der Waals surface area contributed by atoms with E-state index in [9.17, 15) is 9.59 Å². The van der Waals surface area contributed by atoms with Crippen molar-refractivity contribution in [1.29, 1.82) is 0 Å². The summed E-state index contributed by atoms with van der Waals surface area (Å²) in [5, 5.41) is 1.96. The molecule has 0 aromatic heterocycles. The highest BCUT2D eigenvalue weighted by Crippen LogP contribution is 2.38. The van der Waals surface area contributed by atoms with E-state index >= 15 is 0 Å². The van der Waals surface area contributed by atoms with Crippen LogP contribution in [-0.4, -0.2) is 33.5 Å². The first-order valence-corrected chi connectivity index (χ1v) is 14.1. The summed E-state index contributed by atoms with van der Waals surface area (Å²) in [7, 11) is -2.90. The molecule has 3 rings (SSSR count). The summed E-state index contributed by atoms with van der Waals surface area (Å²) in [4.78, 5) is 25.1. The van der Waals surface area contributed by atoms with E-state index in [0.29, 0.717) is 0 Å². The van der Waals surface area contributed by atoms with E-state index in [2.05, 4.69) is 45.0 Å². The molecule has 0 bridgehead atoms. The van der Waals surface area contributed by atoms with E-state index in [4.69, 9.17) is 13.9 Å². The number of hydrogen-bond acceptors (Lipinski definition) is 5. The second-order valence-corrected chi connectivity index (χ2v) is 14.7. The van der Waals surface area contributed by atoms with E-state index in [-0.39, 0.29) is 24.9 Å². The minimum Gasteiger partial charge on any atom is -0.465 e. The number of carbonyl (C=O) groups is 2. The SMILES string of the molecule is CC(=O)OC[C@](C)(CO[Si](c1ccccc1)(c1ccccc1)C(C)(C)C)C(=O)OCc1ccccc1. The zero-order valence-electron chi connectivity index (χ0n) is 21.8. The highest BCUT2D eigenvalue weighted by molar-refractivity contribution is 6.99. The van der Waals surface area contributed by atoms with Gasteiger partial charge in [-0.25, -0.2) is 0 Å². The van der Waals surface area contributed by atoms with Crippen molar-refractivity contribution in [3.05, 3.63) is 96.6 Å². The van der Waals surface area contributed by atoms with Crippen LogP contribution in [0.3, 0.4) is 0 Å². The van der Waals surface area contributed by atoms with Crippen LogP contribution in [0.15, 0.2) is 91.0 Å². The van der Waals surface area contributed by atoms with Crippen molar-refractivity contribution in [3.8, 4) is 0 Å². The Kier molecular flexibility index (Phi) is 8.87. The normalized spacial score (nSPS) is 13.5. The Hall–Kier alpha value is -3.22. The minimum absolute atomic E-state index is 0.0428. The van der Waals surface area contributed by atoms with Gasteiger partial charge in [-0.1, -0.05) is 112 Å². The molecule has 0 unspecified atom stereocenters. The lowest BCUT2D eigenvalue weighted by atomic mass is 9.93. The smallest absolute Gasteiger partial charge is 0.317 e. The van der Waals surface area contributed by atoms with E-state index in [1.807, 2.05) is 66.7 Å². The Morgan fingerprint density at radius 1 is 0.694 bits per heavy atom. The molecule has 0 amide bonds. The van der Waals surface area contributed by atoms with Crippen molar-refractivity contribution in [1.82, 2.24) is 0 Å². The van der Waals surface area contributed by atoms with Gasteiger partial charge >= 0.3 is 11.9 Å². The molecule has 0 radical (unpaired) electrons. The van der Waals surface area contributed by atoms with Crippen molar-refractivity contribution in [2.24, 2.45) is 5.41 Å². The Morgan fingerprint density at radius 3 is 1.61 bits per heavy atom. The minimum atomic E-state index is -2.90. The highest BCUT2D eigenvalue weighted by atomic mass is 28.4. The van der Waals surface area contributed by atoms with E-state index < -0.39 is 25.7 Å². The molecule has 1 atom stereocenters. The van der Waals surface area contributed by atoms with Crippen LogP contribution in [0.25, 0.3) is 0 Å². The number of esters is 2. The molecule has 0 heterocycles. The molecule has 0 aliphatic heterocycles. The predicted molar refractivity (Wildman–Crippen MR) is 145 cm³/mol. The molecular formula is C30H36O5Si. The van der Waals surface area contributed by atoms with Crippen LogP contribution in [0.1, 0.15) is 40.2 Å². The molecule has 0 aliphatic carbocycles. The number of hydrogen-bond donors (Lipinski definition) is 0. The Balaban J connectivity index is 1.98. The standard InChI is InChI=1S/C30H36O5Si/c1-24(31)34-22-30(5,28(32)33-21-25-15-9-6-10-16-25)23-35-36(29(2,3)4,26-17-11-7-12-18-26)27-19-13-8-14-20-27/h6-20H,21-23H2,1-5H3/t30-/m1/s1. The van der Waals surface area contributed by atoms with Crippen LogP contribution in [-0.2, 0) is 30.1 Å². The lowest BCUT2D eigenvalue weighted by molar-refractivity contribution is -0.165. The van der Waals surface area contributed by atoms with Crippen molar-refractivity contribution in [2.45, 2.75) is 46.3 Å². The predicted octanol–water partition coefficient (Wildman–Crippen LogP) is 4.88. The van der Waals surface area contributed by atoms with Gasteiger partial charge < -0.3 is 13.9 Å². The van der Waals surface area contributed by atoms with Gasteiger partial charge in [0.25, 0.3) is 8.32 Å². The molecule has 0 spiro atoms. The summed E-state index contributed by atoms with van der Waals surface area (Å²) in [6, 6.07) is 29.9. The van der Waals surface area contributed by atoms with Gasteiger partial charge in [0.05, 0.1) is 6.61 Å². The number of rotatable bonds is 10. The third-order valence-electron chi connectivity index (χ3n) is 6.32. The number of benzene rings is 3. The zero-order valence-corrected chi connectivity index (χ0v) is 22.8. The van der Waals surface area contributed by atoms with Gasteiger partial charge in [-0.3, -0.25) is 9.59 Å². The quantitative estimate of drug-likeness (QED) is 0.291. The van der Waals surface area contributed by atoms with Crippen LogP contribution < -0.4 is 10.4 Å². The van der Waals surface area contributed by atoms with Gasteiger partial charge in [-0.15, -0.1) is 0 Å². The summed E-state index contributed by atoms with van der Waals surface area (Å²) < 4.78 is 18.0. The summed E-state index contributed by atoms with van der Waals surface area (Å²) in [6.45, 7) is 9.65. The fraction of sp³-hybridized carbons (Fsp3) is 0.333. The van der Waals surface area contributed by atoms with Crippen LogP contribution in [0, 0.1) is 5.41 Å². The summed E-state index contributed by atoms with van der Waals surface area (Å²) in [6.07, 6.45) is 0. The maximum atomic E-state index is 13.4. The molecule has 3 aromatic rings. The van der Waals surface area contributed by atoms with Gasteiger partial charge in [0.15, 0.2) is 0 Å². The molecule has 3 aromatic carbocycles. The molecule has 5 nitrogen and oxygen atoms in total. The van der Waals surface area contributed by atoms with Crippen LogP contribution in [0.2, 0.25) is 5.04 Å². The van der Waals surface area contributed by atoms with Gasteiger partial charge in [-0.2, -0.15) is 0 Å². The number of ether oxygens (including phenoxy) is 2. The van der Waals surface area contributed by atoms with Gasteiger partial charge in [0, 0.05) is 6.92 Å². The van der Waals surface area contributed by atoms with Crippen molar-refractivity contribution in [2.75, 3.05) is 13.2 Å². The van der Waals surface area contributed by atoms with Gasteiger partial charge in [0.1, 0.15) is 18.6 Å². The topological polar surface area (TPSA) is 61.8 Å². The largest absolute Gasteiger partial charge is 0.465 e. The third-order valence-corrected chi connectivity index (χ3v) is 11.3.